The number of unbranched alkanes of at least 4 members (excludes halogenated alkanes) is 1. The van der Waals surface area contributed by atoms with Gasteiger partial charge in [0.05, 0.1) is 12.2 Å². The average molecular weight is 265 g/mol. The fraction of sp³-hybridized carbons (Fsp3) is 0.462. The highest BCUT2D eigenvalue weighted by atomic mass is 16.4. The Morgan fingerprint density at radius 3 is 2.79 bits per heavy atom. The van der Waals surface area contributed by atoms with Crippen molar-refractivity contribution < 1.29 is 14.7 Å². The number of pyridine rings is 1. The zero-order valence-electron chi connectivity index (χ0n) is 10.9. The van der Waals surface area contributed by atoms with Crippen LogP contribution in [0.2, 0.25) is 0 Å². The van der Waals surface area contributed by atoms with Gasteiger partial charge < -0.3 is 15.7 Å². The van der Waals surface area contributed by atoms with E-state index in [1.54, 1.807) is 18.3 Å². The van der Waals surface area contributed by atoms with Gasteiger partial charge in [0, 0.05) is 6.20 Å². The number of hydrogen-bond acceptors (Lipinski definition) is 3. The fourth-order valence-corrected chi connectivity index (χ4v) is 1.55. The molecule has 6 heteroatoms. The van der Waals surface area contributed by atoms with Gasteiger partial charge in [0.2, 0.25) is 0 Å². The molecule has 0 saturated heterocycles. The summed E-state index contributed by atoms with van der Waals surface area (Å²) in [6.07, 6.45) is 3.72. The van der Waals surface area contributed by atoms with Crippen LogP contribution in [0.15, 0.2) is 24.4 Å². The second-order valence-corrected chi connectivity index (χ2v) is 4.18. The van der Waals surface area contributed by atoms with Crippen molar-refractivity contribution in [3.63, 3.8) is 0 Å². The van der Waals surface area contributed by atoms with E-state index < -0.39 is 18.0 Å². The first-order valence-electron chi connectivity index (χ1n) is 6.30. The average Bonchev–Trinajstić information content (AvgIpc) is 2.42. The van der Waals surface area contributed by atoms with E-state index in [1.165, 1.54) is 0 Å². The third kappa shape index (κ3) is 5.85. The van der Waals surface area contributed by atoms with Gasteiger partial charge in [-0.2, -0.15) is 0 Å². The van der Waals surface area contributed by atoms with Crippen molar-refractivity contribution in [1.29, 1.82) is 0 Å². The Balaban J connectivity index is 2.38. The van der Waals surface area contributed by atoms with Crippen molar-refractivity contribution in [3.8, 4) is 0 Å². The minimum Gasteiger partial charge on any atom is -0.480 e. The minimum atomic E-state index is -1.01. The van der Waals surface area contributed by atoms with Gasteiger partial charge in [-0.05, 0) is 18.6 Å². The number of carbonyl (C=O) groups excluding carboxylic acids is 1. The molecule has 0 saturated carbocycles. The maximum atomic E-state index is 11.6. The van der Waals surface area contributed by atoms with E-state index in [1.807, 2.05) is 13.0 Å². The molecule has 1 atom stereocenters. The van der Waals surface area contributed by atoms with Crippen LogP contribution in [0.3, 0.4) is 0 Å². The molecular formula is C13H19N3O3. The standard InChI is InChI=1S/C13H19N3O3/c1-2-3-7-11(12(17)18)16-13(19)15-9-10-6-4-5-8-14-10/h4-6,8,11H,2-3,7,9H2,1H3,(H,17,18)(H2,15,16,19). The van der Waals surface area contributed by atoms with Gasteiger partial charge in [-0.3, -0.25) is 4.98 Å². The van der Waals surface area contributed by atoms with Gasteiger partial charge in [-0.15, -0.1) is 0 Å². The predicted molar refractivity (Wildman–Crippen MR) is 70.6 cm³/mol. The first-order chi connectivity index (χ1) is 9.13. The van der Waals surface area contributed by atoms with E-state index in [9.17, 15) is 9.59 Å². The van der Waals surface area contributed by atoms with Crippen LogP contribution < -0.4 is 10.6 Å². The molecule has 1 heterocycles. The summed E-state index contributed by atoms with van der Waals surface area (Å²) in [4.78, 5) is 26.6. The summed E-state index contributed by atoms with van der Waals surface area (Å²) in [5.74, 6) is -1.01. The topological polar surface area (TPSA) is 91.3 Å². The van der Waals surface area contributed by atoms with E-state index in [0.29, 0.717) is 6.42 Å². The predicted octanol–water partition coefficient (Wildman–Crippen LogP) is 1.52. The smallest absolute Gasteiger partial charge is 0.326 e. The molecule has 19 heavy (non-hydrogen) atoms. The number of nitrogens with one attached hydrogen (secondary N) is 2. The number of nitrogens with zero attached hydrogens (tertiary/aromatic N) is 1. The molecule has 1 aromatic heterocycles. The molecule has 0 bridgehead atoms. The molecule has 0 aliphatic heterocycles. The molecule has 6 nitrogen and oxygen atoms in total. The van der Waals surface area contributed by atoms with E-state index in [2.05, 4.69) is 15.6 Å². The molecule has 3 N–H and O–H groups in total. The Hall–Kier alpha value is -2.11. The number of urea groups is 1. The van der Waals surface area contributed by atoms with E-state index >= 15 is 0 Å². The molecule has 0 aliphatic carbocycles. The Kier molecular flexibility index (Phi) is 6.35. The van der Waals surface area contributed by atoms with Crippen molar-refractivity contribution in [1.82, 2.24) is 15.6 Å². The zero-order chi connectivity index (χ0) is 14.1. The Labute approximate surface area is 112 Å². The molecule has 1 unspecified atom stereocenters. The number of carboxylic acids is 1. The monoisotopic (exact) mass is 265 g/mol. The Morgan fingerprint density at radius 1 is 1.42 bits per heavy atom. The highest BCUT2D eigenvalue weighted by Crippen LogP contribution is 2.01. The SMILES string of the molecule is CCCCC(NC(=O)NCc1ccccn1)C(=O)O. The van der Waals surface area contributed by atoms with Gasteiger partial charge in [0.25, 0.3) is 0 Å². The number of aromatic nitrogens is 1. The first-order valence-corrected chi connectivity index (χ1v) is 6.30. The molecular weight excluding hydrogens is 246 g/mol. The number of hydrogen-bond donors (Lipinski definition) is 3. The highest BCUT2D eigenvalue weighted by molar-refractivity contribution is 5.82. The molecule has 0 aliphatic rings. The van der Waals surface area contributed by atoms with Crippen molar-refractivity contribution in [2.45, 2.75) is 38.8 Å². The molecule has 0 fully saturated rings. The fourth-order valence-electron chi connectivity index (χ4n) is 1.55. The van der Waals surface area contributed by atoms with Crippen LogP contribution in [0.1, 0.15) is 31.9 Å². The zero-order valence-corrected chi connectivity index (χ0v) is 10.9. The lowest BCUT2D eigenvalue weighted by Crippen LogP contribution is -2.45. The van der Waals surface area contributed by atoms with Crippen molar-refractivity contribution in [2.24, 2.45) is 0 Å². The third-order valence-electron chi connectivity index (χ3n) is 2.61. The first kappa shape index (κ1) is 14.9. The lowest BCUT2D eigenvalue weighted by Gasteiger charge is -2.14. The van der Waals surface area contributed by atoms with Crippen LogP contribution in [0.4, 0.5) is 4.79 Å². The molecule has 0 spiro atoms. The van der Waals surface area contributed by atoms with Gasteiger partial charge in [0.1, 0.15) is 6.04 Å². The summed E-state index contributed by atoms with van der Waals surface area (Å²) >= 11 is 0. The van der Waals surface area contributed by atoms with Crippen LogP contribution in [0.5, 0.6) is 0 Å². The maximum absolute atomic E-state index is 11.6. The normalized spacial score (nSPS) is 11.6. The summed E-state index contributed by atoms with van der Waals surface area (Å²) < 4.78 is 0. The van der Waals surface area contributed by atoms with Gasteiger partial charge in [-0.25, -0.2) is 9.59 Å². The third-order valence-corrected chi connectivity index (χ3v) is 2.61. The van der Waals surface area contributed by atoms with Crippen LogP contribution in [0.25, 0.3) is 0 Å². The van der Waals surface area contributed by atoms with Crippen LogP contribution in [-0.4, -0.2) is 28.1 Å². The molecule has 0 radical (unpaired) electrons. The van der Waals surface area contributed by atoms with Crippen molar-refractivity contribution >= 4 is 12.0 Å². The number of aliphatic carboxylic acids is 1. The molecule has 1 rings (SSSR count). The molecule has 104 valence electrons. The van der Waals surface area contributed by atoms with E-state index in [4.69, 9.17) is 5.11 Å². The lowest BCUT2D eigenvalue weighted by atomic mass is 10.1. The second kappa shape index (κ2) is 8.07. The van der Waals surface area contributed by atoms with Crippen molar-refractivity contribution in [3.05, 3.63) is 30.1 Å². The molecule has 2 amide bonds. The summed E-state index contributed by atoms with van der Waals surface area (Å²) in [5, 5.41) is 14.0. The highest BCUT2D eigenvalue weighted by Gasteiger charge is 2.18. The quantitative estimate of drug-likeness (QED) is 0.697. The number of carboxylic acid groups (broad SMARTS) is 1. The van der Waals surface area contributed by atoms with Gasteiger partial charge >= 0.3 is 12.0 Å². The largest absolute Gasteiger partial charge is 0.480 e. The van der Waals surface area contributed by atoms with Gasteiger partial charge in [0.15, 0.2) is 0 Å². The summed E-state index contributed by atoms with van der Waals surface area (Å²) in [5.41, 5.74) is 0.720. The minimum absolute atomic E-state index is 0.271. The van der Waals surface area contributed by atoms with E-state index in [-0.39, 0.29) is 6.54 Å². The lowest BCUT2D eigenvalue weighted by molar-refractivity contribution is -0.139. The summed E-state index contributed by atoms with van der Waals surface area (Å²) in [6.45, 7) is 2.24. The molecule has 0 aromatic carbocycles. The van der Waals surface area contributed by atoms with E-state index in [0.717, 1.165) is 18.5 Å². The number of carbonyl (C=O) groups is 2. The Morgan fingerprint density at radius 2 is 2.21 bits per heavy atom. The number of amides is 2. The Bertz CT molecular complexity index is 409. The molecule has 1 aromatic rings. The number of rotatable bonds is 7. The van der Waals surface area contributed by atoms with Gasteiger partial charge in [-0.1, -0.05) is 25.8 Å². The second-order valence-electron chi connectivity index (χ2n) is 4.18. The summed E-state index contributed by atoms with van der Waals surface area (Å²) in [7, 11) is 0. The van der Waals surface area contributed by atoms with Crippen LogP contribution in [-0.2, 0) is 11.3 Å². The van der Waals surface area contributed by atoms with Crippen LogP contribution in [0, 0.1) is 0 Å². The van der Waals surface area contributed by atoms with Crippen molar-refractivity contribution in [2.75, 3.05) is 0 Å². The maximum Gasteiger partial charge on any atom is 0.326 e. The summed E-state index contributed by atoms with van der Waals surface area (Å²) in [6, 6.07) is 4.06. The van der Waals surface area contributed by atoms with Crippen LogP contribution >= 0.6 is 0 Å².